The summed E-state index contributed by atoms with van der Waals surface area (Å²) in [5, 5.41) is 0.00610. The summed E-state index contributed by atoms with van der Waals surface area (Å²) in [7, 11) is -2.76. The zero-order valence-corrected chi connectivity index (χ0v) is 33.2. The molecule has 0 spiro atoms. The van der Waals surface area contributed by atoms with Crippen molar-refractivity contribution in [3.8, 4) is 0 Å². The highest BCUT2D eigenvalue weighted by atomic mass is 28.4. The van der Waals surface area contributed by atoms with Crippen LogP contribution in [0.25, 0.3) is 0 Å². The normalized spacial score (nSPS) is 24.9. The van der Waals surface area contributed by atoms with E-state index < -0.39 is 40.2 Å². The highest BCUT2D eigenvalue weighted by Crippen LogP contribution is 2.43. The maximum Gasteiger partial charge on any atom is 0.412 e. The number of carbonyl (C=O) groups is 2. The average Bonchev–Trinajstić information content (AvgIpc) is 3.42. The average molecular weight is 659 g/mol. The van der Waals surface area contributed by atoms with Crippen molar-refractivity contribution >= 4 is 28.8 Å². The molecule has 0 radical (unpaired) electrons. The van der Waals surface area contributed by atoms with Crippen LogP contribution < -0.4 is 0 Å². The SMILES string of the molecule is COC1CC[C@@H]([C@H]2CC[C@H]([C@@H](CO[Si](C)(C)C(C)(C)C)O[Si](C)(C)C(C)(C)C)N2C(=O)OC(C)(C)C)N1C(=O)OC(C)(C)C. The molecule has 11 heteroatoms. The molecule has 44 heavy (non-hydrogen) atoms. The lowest BCUT2D eigenvalue weighted by atomic mass is 10.0. The third-order valence-electron chi connectivity index (χ3n) is 9.87. The largest absolute Gasteiger partial charge is 0.444 e. The van der Waals surface area contributed by atoms with Crippen molar-refractivity contribution in [3.05, 3.63) is 0 Å². The van der Waals surface area contributed by atoms with Crippen LogP contribution in [0.5, 0.6) is 0 Å². The van der Waals surface area contributed by atoms with Crippen molar-refractivity contribution < 1.29 is 32.7 Å². The van der Waals surface area contributed by atoms with Crippen molar-refractivity contribution in [1.29, 1.82) is 0 Å². The first-order chi connectivity index (χ1) is 19.6. The first-order valence-electron chi connectivity index (χ1n) is 16.5. The van der Waals surface area contributed by atoms with E-state index in [0.717, 1.165) is 6.42 Å². The van der Waals surface area contributed by atoms with Crippen molar-refractivity contribution in [3.63, 3.8) is 0 Å². The predicted octanol–water partition coefficient (Wildman–Crippen LogP) is 8.54. The van der Waals surface area contributed by atoms with Crippen LogP contribution in [0.1, 0.15) is 109 Å². The van der Waals surface area contributed by atoms with Crippen LogP contribution in [-0.2, 0) is 23.1 Å². The number of hydrogen-bond acceptors (Lipinski definition) is 7. The third kappa shape index (κ3) is 9.68. The molecule has 0 N–H and O–H groups in total. The summed E-state index contributed by atoms with van der Waals surface area (Å²) >= 11 is 0. The molecule has 1 unspecified atom stereocenters. The number of amides is 2. The van der Waals surface area contributed by atoms with Crippen LogP contribution in [0.3, 0.4) is 0 Å². The van der Waals surface area contributed by atoms with Crippen LogP contribution in [0.15, 0.2) is 0 Å². The van der Waals surface area contributed by atoms with Crippen molar-refractivity contribution in [1.82, 2.24) is 9.80 Å². The van der Waals surface area contributed by atoms with Gasteiger partial charge in [0.1, 0.15) is 17.4 Å². The van der Waals surface area contributed by atoms with Crippen molar-refractivity contribution in [2.24, 2.45) is 0 Å². The summed E-state index contributed by atoms with van der Waals surface area (Å²) in [5.74, 6) is 0. The van der Waals surface area contributed by atoms with Crippen LogP contribution in [0.4, 0.5) is 9.59 Å². The first kappa shape index (κ1) is 39.0. The second kappa shape index (κ2) is 13.5. The molecular formula is C33H66N2O7Si2. The van der Waals surface area contributed by atoms with Gasteiger partial charge in [0, 0.05) is 7.11 Å². The second-order valence-electron chi connectivity index (χ2n) is 17.8. The lowest BCUT2D eigenvalue weighted by Gasteiger charge is -2.45. The highest BCUT2D eigenvalue weighted by Gasteiger charge is 2.54. The number of nitrogens with zero attached hydrogens (tertiary/aromatic N) is 2. The zero-order valence-electron chi connectivity index (χ0n) is 31.2. The van der Waals surface area contributed by atoms with E-state index in [2.05, 4.69) is 67.7 Å². The number of hydrogen-bond donors (Lipinski definition) is 0. The van der Waals surface area contributed by atoms with Gasteiger partial charge in [0.15, 0.2) is 16.6 Å². The molecule has 2 rings (SSSR count). The Hall–Kier alpha value is -1.15. The van der Waals surface area contributed by atoms with Gasteiger partial charge in [-0.15, -0.1) is 0 Å². The van der Waals surface area contributed by atoms with E-state index in [9.17, 15) is 9.59 Å². The summed E-state index contributed by atoms with van der Waals surface area (Å²) in [6.07, 6.45) is 1.24. The Morgan fingerprint density at radius 1 is 0.682 bits per heavy atom. The molecule has 0 aromatic rings. The molecule has 2 amide bonds. The second-order valence-corrected chi connectivity index (χ2v) is 27.4. The Balaban J connectivity index is 2.60. The number of carbonyl (C=O) groups excluding carboxylic acids is 2. The van der Waals surface area contributed by atoms with Gasteiger partial charge >= 0.3 is 12.2 Å². The minimum absolute atomic E-state index is 0.0262. The predicted molar refractivity (Wildman–Crippen MR) is 182 cm³/mol. The van der Waals surface area contributed by atoms with E-state index in [0.29, 0.717) is 25.9 Å². The van der Waals surface area contributed by atoms with Gasteiger partial charge in [-0.25, -0.2) is 9.59 Å². The molecule has 2 heterocycles. The Bertz CT molecular complexity index is 992. The standard InChI is InChI=1S/C33H66N2O7Si2/c1-30(2,3)40-28(36)34-23(24-20-21-27(38-13)35(24)29(37)41-31(4,5)6)18-19-25(34)26(42-44(16,17)33(10,11)12)22-39-43(14,15)32(7,8)9/h23-27H,18-22H2,1-17H3/t23-,24+,25-,26-,27?/m1/s1. The monoisotopic (exact) mass is 658 g/mol. The zero-order chi connectivity index (χ0) is 34.3. The van der Waals surface area contributed by atoms with Gasteiger partial charge in [-0.3, -0.25) is 9.80 Å². The minimum Gasteiger partial charge on any atom is -0.444 e. The fraction of sp³-hybridized carbons (Fsp3) is 0.939. The van der Waals surface area contributed by atoms with E-state index in [4.69, 9.17) is 23.1 Å². The van der Waals surface area contributed by atoms with Crippen LogP contribution in [0.2, 0.25) is 36.3 Å². The smallest absolute Gasteiger partial charge is 0.412 e. The van der Waals surface area contributed by atoms with E-state index in [1.54, 1.807) is 12.0 Å². The van der Waals surface area contributed by atoms with Gasteiger partial charge in [-0.1, -0.05) is 41.5 Å². The first-order valence-corrected chi connectivity index (χ1v) is 22.3. The maximum absolute atomic E-state index is 14.2. The summed E-state index contributed by atoms with van der Waals surface area (Å²) in [5.41, 5.74) is -1.34. The van der Waals surface area contributed by atoms with Gasteiger partial charge in [0.25, 0.3) is 0 Å². The molecule has 258 valence electrons. The molecule has 2 aliphatic heterocycles. The van der Waals surface area contributed by atoms with Gasteiger partial charge in [0.2, 0.25) is 0 Å². The van der Waals surface area contributed by atoms with E-state index >= 15 is 0 Å². The lowest BCUT2D eigenvalue weighted by Crippen LogP contribution is -2.59. The topological polar surface area (TPSA) is 86.8 Å². The quantitative estimate of drug-likeness (QED) is 0.242. The Morgan fingerprint density at radius 2 is 1.11 bits per heavy atom. The Labute approximate surface area is 271 Å². The third-order valence-corrected chi connectivity index (χ3v) is 18.9. The fourth-order valence-corrected chi connectivity index (χ4v) is 7.81. The number of ether oxygens (including phenoxy) is 3. The number of rotatable bonds is 8. The summed E-state index contributed by atoms with van der Waals surface area (Å²) < 4.78 is 31.6. The molecule has 0 bridgehead atoms. The van der Waals surface area contributed by atoms with Gasteiger partial charge in [-0.2, -0.15) is 0 Å². The Kier molecular flexibility index (Phi) is 12.0. The van der Waals surface area contributed by atoms with Gasteiger partial charge in [0.05, 0.1) is 30.8 Å². The van der Waals surface area contributed by atoms with Gasteiger partial charge < -0.3 is 23.1 Å². The van der Waals surface area contributed by atoms with Crippen LogP contribution in [0, 0.1) is 0 Å². The molecule has 2 saturated heterocycles. The molecule has 0 aromatic heterocycles. The lowest BCUT2D eigenvalue weighted by molar-refractivity contribution is -0.0572. The van der Waals surface area contributed by atoms with E-state index in [-0.39, 0.29) is 40.4 Å². The number of likely N-dealkylation sites (tertiary alicyclic amines) is 2. The minimum atomic E-state index is -2.27. The summed E-state index contributed by atoms with van der Waals surface area (Å²) in [6, 6.07) is -0.820. The molecule has 2 fully saturated rings. The molecule has 5 atom stereocenters. The molecular weight excluding hydrogens is 593 g/mol. The summed E-state index contributed by atoms with van der Waals surface area (Å²) in [4.78, 5) is 31.4. The molecule has 9 nitrogen and oxygen atoms in total. The maximum atomic E-state index is 14.2. The number of methoxy groups -OCH3 is 1. The Morgan fingerprint density at radius 3 is 1.55 bits per heavy atom. The highest BCUT2D eigenvalue weighted by molar-refractivity contribution is 6.74. The van der Waals surface area contributed by atoms with E-state index in [1.165, 1.54) is 0 Å². The van der Waals surface area contributed by atoms with Gasteiger partial charge in [-0.05, 0) is 103 Å². The molecule has 2 aliphatic rings. The van der Waals surface area contributed by atoms with Crippen molar-refractivity contribution in [2.75, 3.05) is 13.7 Å². The van der Waals surface area contributed by atoms with E-state index in [1.807, 2.05) is 46.4 Å². The molecule has 0 aliphatic carbocycles. The molecule has 0 aromatic carbocycles. The fourth-order valence-electron chi connectivity index (χ4n) is 5.46. The summed E-state index contributed by atoms with van der Waals surface area (Å²) in [6.45, 7) is 34.1. The molecule has 0 saturated carbocycles. The van der Waals surface area contributed by atoms with Crippen LogP contribution in [-0.4, -0.2) is 94.0 Å². The van der Waals surface area contributed by atoms with Crippen molar-refractivity contribution in [2.45, 2.75) is 187 Å². The van der Waals surface area contributed by atoms with Crippen LogP contribution >= 0.6 is 0 Å².